The number of nitrogens with zero attached hydrogens (tertiary/aromatic N) is 2. The highest BCUT2D eigenvalue weighted by Gasteiger charge is 2.22. The molecule has 0 bridgehead atoms. The van der Waals surface area contributed by atoms with E-state index in [4.69, 9.17) is 4.74 Å². The lowest BCUT2D eigenvalue weighted by molar-refractivity contribution is 0.0160. The van der Waals surface area contributed by atoms with Gasteiger partial charge in [0, 0.05) is 50.7 Å². The highest BCUT2D eigenvalue weighted by atomic mass is 16.5. The van der Waals surface area contributed by atoms with E-state index >= 15 is 0 Å². The number of hydrogen-bond donors (Lipinski definition) is 1. The van der Waals surface area contributed by atoms with Crippen LogP contribution in [0.5, 0.6) is 0 Å². The fourth-order valence-electron chi connectivity index (χ4n) is 4.11. The maximum atomic E-state index is 5.58. The third-order valence-electron chi connectivity index (χ3n) is 5.68. The Balaban J connectivity index is 1.41. The van der Waals surface area contributed by atoms with E-state index in [1.165, 1.54) is 22.4 Å². The van der Waals surface area contributed by atoms with Gasteiger partial charge in [-0.3, -0.25) is 4.90 Å². The molecule has 2 heterocycles. The highest BCUT2D eigenvalue weighted by Crippen LogP contribution is 2.22. The van der Waals surface area contributed by atoms with Crippen molar-refractivity contribution in [3.63, 3.8) is 0 Å². The van der Waals surface area contributed by atoms with E-state index in [1.807, 2.05) is 0 Å². The van der Waals surface area contributed by atoms with Gasteiger partial charge in [0.15, 0.2) is 0 Å². The molecule has 152 valence electrons. The summed E-state index contributed by atoms with van der Waals surface area (Å²) in [4.78, 5) is 2.55. The molecule has 0 spiro atoms. The molecule has 2 aromatic carbocycles. The maximum Gasteiger partial charge on any atom is 0.0594 e. The summed E-state index contributed by atoms with van der Waals surface area (Å²) in [7, 11) is 0. The predicted octanol–water partition coefficient (Wildman–Crippen LogP) is 4.01. The molecule has 0 amide bonds. The molecule has 3 aromatic rings. The molecule has 1 aliphatic heterocycles. The Bertz CT molecular complexity index is 884. The van der Waals surface area contributed by atoms with Crippen molar-refractivity contribution in [1.82, 2.24) is 14.8 Å². The van der Waals surface area contributed by atoms with E-state index in [1.54, 1.807) is 0 Å². The first-order valence-electron chi connectivity index (χ1n) is 10.6. The van der Waals surface area contributed by atoms with Crippen LogP contribution in [0.25, 0.3) is 0 Å². The maximum absolute atomic E-state index is 5.58. The van der Waals surface area contributed by atoms with Crippen molar-refractivity contribution in [3.8, 4) is 0 Å². The van der Waals surface area contributed by atoms with Gasteiger partial charge in [0.05, 0.1) is 13.2 Å². The molecule has 0 radical (unpaired) electrons. The molecule has 0 aliphatic carbocycles. The Labute approximate surface area is 174 Å². The Morgan fingerprint density at radius 1 is 0.966 bits per heavy atom. The number of hydrogen-bond acceptors (Lipinski definition) is 3. The minimum Gasteiger partial charge on any atom is -0.379 e. The Morgan fingerprint density at radius 2 is 1.79 bits per heavy atom. The second kappa shape index (κ2) is 9.88. The van der Waals surface area contributed by atoms with Crippen LogP contribution in [-0.2, 0) is 17.8 Å². The Hall–Kier alpha value is -2.40. The van der Waals surface area contributed by atoms with E-state index in [-0.39, 0.29) is 0 Å². The molecule has 1 saturated heterocycles. The van der Waals surface area contributed by atoms with Gasteiger partial charge in [0.2, 0.25) is 0 Å². The van der Waals surface area contributed by atoms with Gasteiger partial charge in [0.1, 0.15) is 0 Å². The average Bonchev–Trinajstić information content (AvgIpc) is 3.19. The van der Waals surface area contributed by atoms with Crippen LogP contribution in [0.4, 0.5) is 0 Å². The van der Waals surface area contributed by atoms with Crippen LogP contribution in [0.2, 0.25) is 0 Å². The number of morpholine rings is 1. The normalized spacial score (nSPS) is 16.0. The standard InChI is InChI=1S/C25H31N3O/c1-21-7-5-10-23(17-21)25(27-13-15-29-16-14-27)19-26-18-24-11-6-12-28(24)20-22-8-3-2-4-9-22/h2-12,17,25-26H,13-16,18-20H2,1H3. The van der Waals surface area contributed by atoms with Crippen LogP contribution in [0.1, 0.15) is 28.4 Å². The number of benzene rings is 2. The summed E-state index contributed by atoms with van der Waals surface area (Å²) in [5.74, 6) is 0. The molecule has 1 atom stereocenters. The largest absolute Gasteiger partial charge is 0.379 e. The molecule has 4 rings (SSSR count). The summed E-state index contributed by atoms with van der Waals surface area (Å²) >= 11 is 0. The Morgan fingerprint density at radius 3 is 2.59 bits per heavy atom. The van der Waals surface area contributed by atoms with Gasteiger partial charge in [-0.2, -0.15) is 0 Å². The minimum absolute atomic E-state index is 0.372. The lowest BCUT2D eigenvalue weighted by Crippen LogP contribution is -2.42. The molecule has 29 heavy (non-hydrogen) atoms. The van der Waals surface area contributed by atoms with Gasteiger partial charge in [-0.15, -0.1) is 0 Å². The third-order valence-corrected chi connectivity index (χ3v) is 5.68. The van der Waals surface area contributed by atoms with Crippen LogP contribution < -0.4 is 5.32 Å². The molecular formula is C25H31N3O. The summed E-state index contributed by atoms with van der Waals surface area (Å²) in [5.41, 5.74) is 5.35. The first-order chi connectivity index (χ1) is 14.3. The van der Waals surface area contributed by atoms with Crippen LogP contribution >= 0.6 is 0 Å². The zero-order valence-corrected chi connectivity index (χ0v) is 17.3. The molecule has 0 saturated carbocycles. The molecule has 1 aliphatic rings. The molecule has 1 N–H and O–H groups in total. The average molecular weight is 390 g/mol. The van der Waals surface area contributed by atoms with Crippen molar-refractivity contribution in [1.29, 1.82) is 0 Å². The van der Waals surface area contributed by atoms with Crippen molar-refractivity contribution in [3.05, 3.63) is 95.3 Å². The number of aromatic nitrogens is 1. The molecule has 1 aromatic heterocycles. The molecular weight excluding hydrogens is 358 g/mol. The number of nitrogens with one attached hydrogen (secondary N) is 1. The van der Waals surface area contributed by atoms with Crippen LogP contribution in [0.15, 0.2) is 72.9 Å². The first kappa shape index (κ1) is 19.9. The number of aryl methyl sites for hydroxylation is 1. The van der Waals surface area contributed by atoms with Gasteiger partial charge in [0.25, 0.3) is 0 Å². The zero-order chi connectivity index (χ0) is 19.9. The third kappa shape index (κ3) is 5.36. The fraction of sp³-hybridized carbons (Fsp3) is 0.360. The zero-order valence-electron chi connectivity index (χ0n) is 17.3. The minimum atomic E-state index is 0.372. The van der Waals surface area contributed by atoms with E-state index in [9.17, 15) is 0 Å². The first-order valence-corrected chi connectivity index (χ1v) is 10.6. The summed E-state index contributed by atoms with van der Waals surface area (Å²) in [6.45, 7) is 8.51. The van der Waals surface area contributed by atoms with E-state index in [2.05, 4.69) is 94.6 Å². The SMILES string of the molecule is Cc1cccc(C(CNCc2cccn2Cc2ccccc2)N2CCOCC2)c1. The summed E-state index contributed by atoms with van der Waals surface area (Å²) in [5, 5.41) is 3.73. The quantitative estimate of drug-likeness (QED) is 0.631. The van der Waals surface area contributed by atoms with Crippen LogP contribution in [-0.4, -0.2) is 42.3 Å². The summed E-state index contributed by atoms with van der Waals surface area (Å²) in [6, 6.07) is 24.3. The molecule has 4 nitrogen and oxygen atoms in total. The number of rotatable bonds is 8. The summed E-state index contributed by atoms with van der Waals surface area (Å²) < 4.78 is 7.91. The lowest BCUT2D eigenvalue weighted by Gasteiger charge is -2.35. The van der Waals surface area contributed by atoms with Crippen molar-refractivity contribution >= 4 is 0 Å². The number of ether oxygens (including phenoxy) is 1. The van der Waals surface area contributed by atoms with Crippen molar-refractivity contribution < 1.29 is 4.74 Å². The van der Waals surface area contributed by atoms with Crippen molar-refractivity contribution in [2.45, 2.75) is 26.1 Å². The van der Waals surface area contributed by atoms with E-state index in [0.717, 1.165) is 45.9 Å². The fourth-order valence-corrected chi connectivity index (χ4v) is 4.11. The predicted molar refractivity (Wildman–Crippen MR) is 118 cm³/mol. The van der Waals surface area contributed by atoms with Crippen molar-refractivity contribution in [2.24, 2.45) is 0 Å². The topological polar surface area (TPSA) is 29.4 Å². The lowest BCUT2D eigenvalue weighted by atomic mass is 10.0. The summed E-state index contributed by atoms with van der Waals surface area (Å²) in [6.07, 6.45) is 2.17. The van der Waals surface area contributed by atoms with Crippen LogP contribution in [0, 0.1) is 6.92 Å². The highest BCUT2D eigenvalue weighted by molar-refractivity contribution is 5.26. The van der Waals surface area contributed by atoms with Crippen molar-refractivity contribution in [2.75, 3.05) is 32.8 Å². The van der Waals surface area contributed by atoms with Crippen LogP contribution in [0.3, 0.4) is 0 Å². The van der Waals surface area contributed by atoms with Gasteiger partial charge in [-0.05, 0) is 30.2 Å². The van der Waals surface area contributed by atoms with E-state index < -0.39 is 0 Å². The smallest absolute Gasteiger partial charge is 0.0594 e. The monoisotopic (exact) mass is 389 g/mol. The second-order valence-corrected chi connectivity index (χ2v) is 7.82. The van der Waals surface area contributed by atoms with Gasteiger partial charge >= 0.3 is 0 Å². The van der Waals surface area contributed by atoms with Gasteiger partial charge in [-0.25, -0.2) is 0 Å². The van der Waals surface area contributed by atoms with E-state index in [0.29, 0.717) is 6.04 Å². The van der Waals surface area contributed by atoms with Gasteiger partial charge in [-0.1, -0.05) is 60.2 Å². The Kier molecular flexibility index (Phi) is 6.78. The molecule has 1 fully saturated rings. The molecule has 4 heteroatoms. The second-order valence-electron chi connectivity index (χ2n) is 7.82. The molecule has 1 unspecified atom stereocenters. The van der Waals surface area contributed by atoms with Gasteiger partial charge < -0.3 is 14.6 Å².